The maximum Gasteiger partial charge on any atom is 0.215 e. The fourth-order valence-electron chi connectivity index (χ4n) is 2.26. The van der Waals surface area contributed by atoms with Gasteiger partial charge in [-0.3, -0.25) is 0 Å². The van der Waals surface area contributed by atoms with E-state index in [1.807, 2.05) is 31.2 Å². The molecule has 0 aromatic heterocycles. The first-order chi connectivity index (χ1) is 9.46. The van der Waals surface area contributed by atoms with Gasteiger partial charge in [-0.25, -0.2) is 13.1 Å². The van der Waals surface area contributed by atoms with Crippen molar-refractivity contribution in [1.29, 1.82) is 0 Å². The van der Waals surface area contributed by atoms with E-state index in [0.29, 0.717) is 12.5 Å². The average Bonchev–Trinajstić information content (AvgIpc) is 2.38. The first-order valence-corrected chi connectivity index (χ1v) is 9.15. The van der Waals surface area contributed by atoms with Crippen molar-refractivity contribution in [3.63, 3.8) is 0 Å². The van der Waals surface area contributed by atoms with Gasteiger partial charge in [0, 0.05) is 6.54 Å². The number of nitrogens with one attached hydrogen (secondary N) is 1. The third kappa shape index (κ3) is 6.53. The van der Waals surface area contributed by atoms with E-state index in [0.717, 1.165) is 36.8 Å². The van der Waals surface area contributed by atoms with Crippen molar-refractivity contribution in [2.45, 2.75) is 52.2 Å². The van der Waals surface area contributed by atoms with Crippen molar-refractivity contribution in [1.82, 2.24) is 4.72 Å². The molecule has 1 N–H and O–H groups in total. The summed E-state index contributed by atoms with van der Waals surface area (Å²) < 4.78 is 26.9. The number of sulfonamides is 1. The van der Waals surface area contributed by atoms with Crippen molar-refractivity contribution in [2.75, 3.05) is 6.54 Å². The van der Waals surface area contributed by atoms with Gasteiger partial charge in [0.15, 0.2) is 0 Å². The fourth-order valence-corrected chi connectivity index (χ4v) is 3.47. The topological polar surface area (TPSA) is 46.2 Å². The third-order valence-electron chi connectivity index (χ3n) is 3.57. The summed E-state index contributed by atoms with van der Waals surface area (Å²) in [7, 11) is -3.23. The second-order valence-electron chi connectivity index (χ2n) is 5.51. The predicted octanol–water partition coefficient (Wildman–Crippen LogP) is 3.63. The Morgan fingerprint density at radius 2 is 2.00 bits per heavy atom. The van der Waals surface area contributed by atoms with Crippen molar-refractivity contribution in [3.05, 3.63) is 35.4 Å². The Balaban J connectivity index is 2.52. The molecule has 3 nitrogen and oxygen atoms in total. The monoisotopic (exact) mass is 297 g/mol. The standard InChI is InChI=1S/C16H27NO2S/c1-4-6-9-15(5-2)12-17-20(18,19)13-16-10-7-8-14(3)11-16/h7-8,10-11,15,17H,4-6,9,12-13H2,1-3H3. The van der Waals surface area contributed by atoms with E-state index in [9.17, 15) is 8.42 Å². The molecule has 0 spiro atoms. The van der Waals surface area contributed by atoms with Crippen LogP contribution in [0.3, 0.4) is 0 Å². The van der Waals surface area contributed by atoms with Crippen LogP contribution in [0.25, 0.3) is 0 Å². The molecule has 1 aromatic carbocycles. The Morgan fingerprint density at radius 1 is 1.25 bits per heavy atom. The highest BCUT2D eigenvalue weighted by Crippen LogP contribution is 2.13. The average molecular weight is 297 g/mol. The molecule has 4 heteroatoms. The van der Waals surface area contributed by atoms with Crippen molar-refractivity contribution < 1.29 is 8.42 Å². The summed E-state index contributed by atoms with van der Waals surface area (Å²) in [6, 6.07) is 7.66. The van der Waals surface area contributed by atoms with Crippen LogP contribution < -0.4 is 4.72 Å². The van der Waals surface area contributed by atoms with E-state index in [1.165, 1.54) is 0 Å². The van der Waals surface area contributed by atoms with Gasteiger partial charge in [-0.2, -0.15) is 0 Å². The van der Waals surface area contributed by atoms with E-state index < -0.39 is 10.0 Å². The van der Waals surface area contributed by atoms with Crippen LogP contribution in [-0.4, -0.2) is 15.0 Å². The molecule has 0 saturated heterocycles. The van der Waals surface area contributed by atoms with E-state index in [4.69, 9.17) is 0 Å². The Morgan fingerprint density at radius 3 is 2.60 bits per heavy atom. The molecule has 1 unspecified atom stereocenters. The Kier molecular flexibility index (Phi) is 7.24. The lowest BCUT2D eigenvalue weighted by atomic mass is 10.00. The molecule has 0 fully saturated rings. The number of benzene rings is 1. The Bertz CT molecular complexity index is 497. The lowest BCUT2D eigenvalue weighted by molar-refractivity contribution is 0.443. The highest BCUT2D eigenvalue weighted by molar-refractivity contribution is 7.88. The molecule has 0 amide bonds. The summed E-state index contributed by atoms with van der Waals surface area (Å²) >= 11 is 0. The smallest absolute Gasteiger partial charge is 0.215 e. The van der Waals surface area contributed by atoms with Gasteiger partial charge in [0.05, 0.1) is 5.75 Å². The van der Waals surface area contributed by atoms with Gasteiger partial charge in [0.1, 0.15) is 0 Å². The molecule has 0 bridgehead atoms. The molecule has 1 atom stereocenters. The van der Waals surface area contributed by atoms with Crippen LogP contribution in [0.15, 0.2) is 24.3 Å². The van der Waals surface area contributed by atoms with E-state index in [2.05, 4.69) is 18.6 Å². The molecule has 114 valence electrons. The van der Waals surface area contributed by atoms with Gasteiger partial charge in [-0.05, 0) is 24.8 Å². The molecule has 0 aliphatic heterocycles. The van der Waals surface area contributed by atoms with Gasteiger partial charge >= 0.3 is 0 Å². The summed E-state index contributed by atoms with van der Waals surface area (Å²) in [5.41, 5.74) is 1.94. The number of hydrogen-bond acceptors (Lipinski definition) is 2. The Hall–Kier alpha value is -0.870. The van der Waals surface area contributed by atoms with Crippen LogP contribution in [0.5, 0.6) is 0 Å². The second-order valence-corrected chi connectivity index (χ2v) is 7.32. The van der Waals surface area contributed by atoms with Gasteiger partial charge < -0.3 is 0 Å². The number of hydrogen-bond donors (Lipinski definition) is 1. The predicted molar refractivity (Wildman–Crippen MR) is 85.1 cm³/mol. The minimum absolute atomic E-state index is 0.0683. The Labute approximate surface area is 123 Å². The van der Waals surface area contributed by atoms with E-state index in [-0.39, 0.29) is 5.75 Å². The second kappa shape index (κ2) is 8.42. The minimum Gasteiger partial charge on any atom is -0.215 e. The van der Waals surface area contributed by atoms with Crippen LogP contribution in [-0.2, 0) is 15.8 Å². The molecule has 0 saturated carbocycles. The van der Waals surface area contributed by atoms with Crippen molar-refractivity contribution in [3.8, 4) is 0 Å². The van der Waals surface area contributed by atoms with Crippen molar-refractivity contribution >= 4 is 10.0 Å². The summed E-state index contributed by atoms with van der Waals surface area (Å²) in [6.07, 6.45) is 4.44. The summed E-state index contributed by atoms with van der Waals surface area (Å²) in [6.45, 7) is 6.82. The number of rotatable bonds is 9. The maximum atomic E-state index is 12.1. The zero-order valence-electron chi connectivity index (χ0n) is 12.9. The normalized spacial score (nSPS) is 13.3. The van der Waals surface area contributed by atoms with E-state index in [1.54, 1.807) is 0 Å². The SMILES string of the molecule is CCCCC(CC)CNS(=O)(=O)Cc1cccc(C)c1. The molecular weight excluding hydrogens is 270 g/mol. The first-order valence-electron chi connectivity index (χ1n) is 7.49. The first kappa shape index (κ1) is 17.2. The highest BCUT2D eigenvalue weighted by atomic mass is 32.2. The highest BCUT2D eigenvalue weighted by Gasteiger charge is 2.14. The van der Waals surface area contributed by atoms with Crippen LogP contribution >= 0.6 is 0 Å². The van der Waals surface area contributed by atoms with Crippen LogP contribution in [0.4, 0.5) is 0 Å². The molecule has 0 aliphatic carbocycles. The maximum absolute atomic E-state index is 12.1. The summed E-state index contributed by atoms with van der Waals surface area (Å²) in [5.74, 6) is 0.515. The lowest BCUT2D eigenvalue weighted by Gasteiger charge is -2.15. The van der Waals surface area contributed by atoms with Crippen molar-refractivity contribution in [2.24, 2.45) is 5.92 Å². The molecule has 20 heavy (non-hydrogen) atoms. The van der Waals surface area contributed by atoms with Crippen LogP contribution in [0.2, 0.25) is 0 Å². The zero-order chi connectivity index (χ0) is 15.0. The quantitative estimate of drug-likeness (QED) is 0.756. The van der Waals surface area contributed by atoms with Crippen LogP contribution in [0, 0.1) is 12.8 Å². The molecule has 0 heterocycles. The van der Waals surface area contributed by atoms with Crippen LogP contribution in [0.1, 0.15) is 50.7 Å². The van der Waals surface area contributed by atoms with Gasteiger partial charge in [0.2, 0.25) is 10.0 Å². The lowest BCUT2D eigenvalue weighted by Crippen LogP contribution is -2.30. The molecule has 1 aromatic rings. The fraction of sp³-hybridized carbons (Fsp3) is 0.625. The van der Waals surface area contributed by atoms with E-state index >= 15 is 0 Å². The summed E-state index contributed by atoms with van der Waals surface area (Å²) in [5, 5.41) is 0. The third-order valence-corrected chi connectivity index (χ3v) is 4.89. The van der Waals surface area contributed by atoms with Gasteiger partial charge in [-0.15, -0.1) is 0 Å². The number of unbranched alkanes of at least 4 members (excludes halogenated alkanes) is 1. The molecule has 1 rings (SSSR count). The zero-order valence-corrected chi connectivity index (χ0v) is 13.7. The van der Waals surface area contributed by atoms with Gasteiger partial charge in [0.25, 0.3) is 0 Å². The molecule has 0 radical (unpaired) electrons. The largest absolute Gasteiger partial charge is 0.215 e. The van der Waals surface area contributed by atoms with Gasteiger partial charge in [-0.1, -0.05) is 62.9 Å². The number of aryl methyl sites for hydroxylation is 1. The molecule has 0 aliphatic rings. The minimum atomic E-state index is -3.23. The summed E-state index contributed by atoms with van der Waals surface area (Å²) in [4.78, 5) is 0. The molecular formula is C16H27NO2S.